The van der Waals surface area contributed by atoms with Gasteiger partial charge in [0.15, 0.2) is 23.0 Å². The maximum absolute atomic E-state index is 12.8. The van der Waals surface area contributed by atoms with E-state index in [9.17, 15) is 4.79 Å². The predicted molar refractivity (Wildman–Crippen MR) is 108 cm³/mol. The molecule has 150 valence electrons. The molecule has 0 saturated heterocycles. The molecule has 30 heavy (non-hydrogen) atoms. The highest BCUT2D eigenvalue weighted by atomic mass is 16.5. The lowest BCUT2D eigenvalue weighted by Crippen LogP contribution is -2.12. The molecule has 0 unspecified atom stereocenters. The fourth-order valence-corrected chi connectivity index (χ4v) is 3.19. The van der Waals surface area contributed by atoms with Gasteiger partial charge in [-0.15, -0.1) is 0 Å². The Morgan fingerprint density at radius 1 is 1.17 bits per heavy atom. The smallest absolute Gasteiger partial charge is 0.261 e. The Morgan fingerprint density at radius 2 is 2.00 bits per heavy atom. The highest BCUT2D eigenvalue weighted by Gasteiger charge is 2.19. The fraction of sp³-hybridized carbons (Fsp3) is 0.105. The van der Waals surface area contributed by atoms with Crippen molar-refractivity contribution in [2.75, 3.05) is 19.5 Å². The van der Waals surface area contributed by atoms with Crippen molar-refractivity contribution in [1.82, 2.24) is 34.8 Å². The van der Waals surface area contributed by atoms with Crippen LogP contribution in [0.3, 0.4) is 0 Å². The summed E-state index contributed by atoms with van der Waals surface area (Å²) >= 11 is 0. The first-order valence-electron chi connectivity index (χ1n) is 8.93. The Morgan fingerprint density at radius 3 is 2.83 bits per heavy atom. The van der Waals surface area contributed by atoms with Crippen molar-refractivity contribution in [2.24, 2.45) is 0 Å². The van der Waals surface area contributed by atoms with Crippen LogP contribution in [0, 0.1) is 0 Å². The van der Waals surface area contributed by atoms with Gasteiger partial charge in [-0.25, -0.2) is 14.5 Å². The first-order valence-corrected chi connectivity index (χ1v) is 8.93. The summed E-state index contributed by atoms with van der Waals surface area (Å²) in [5, 5.41) is 13.9. The predicted octanol–water partition coefficient (Wildman–Crippen LogP) is 2.27. The highest BCUT2D eigenvalue weighted by Crippen LogP contribution is 2.33. The van der Waals surface area contributed by atoms with Gasteiger partial charge in [-0.05, 0) is 6.07 Å². The second-order valence-corrected chi connectivity index (χ2v) is 6.37. The number of benzene rings is 1. The van der Waals surface area contributed by atoms with Gasteiger partial charge in [0.25, 0.3) is 5.91 Å². The molecule has 0 aliphatic carbocycles. The van der Waals surface area contributed by atoms with Gasteiger partial charge >= 0.3 is 0 Å². The number of ether oxygens (including phenoxy) is 2. The number of hydrogen-bond acceptors (Lipinski definition) is 7. The van der Waals surface area contributed by atoms with Crippen LogP contribution in [-0.2, 0) is 0 Å². The molecule has 11 heteroatoms. The number of aromatic nitrogens is 7. The zero-order valence-electron chi connectivity index (χ0n) is 16.0. The molecule has 0 aliphatic rings. The van der Waals surface area contributed by atoms with E-state index in [4.69, 9.17) is 9.47 Å². The Labute approximate surface area is 169 Å². The molecule has 11 nitrogen and oxygen atoms in total. The second kappa shape index (κ2) is 6.88. The zero-order chi connectivity index (χ0) is 20.7. The second-order valence-electron chi connectivity index (χ2n) is 6.37. The number of carbonyl (C=O) groups is 1. The summed E-state index contributed by atoms with van der Waals surface area (Å²) in [5.74, 6) is 1.30. The molecule has 4 aromatic heterocycles. The molecular formula is C19H16N8O3. The number of nitrogens with zero attached hydrogens (tertiary/aromatic N) is 5. The van der Waals surface area contributed by atoms with Crippen LogP contribution in [0.15, 0.2) is 43.0 Å². The normalized spacial score (nSPS) is 11.1. The summed E-state index contributed by atoms with van der Waals surface area (Å²) in [5.41, 5.74) is 3.24. The van der Waals surface area contributed by atoms with Crippen LogP contribution in [0.2, 0.25) is 0 Å². The van der Waals surface area contributed by atoms with Crippen LogP contribution in [0.25, 0.3) is 28.2 Å². The van der Waals surface area contributed by atoms with Crippen LogP contribution in [0.4, 0.5) is 5.69 Å². The number of imidazole rings is 1. The van der Waals surface area contributed by atoms with Crippen molar-refractivity contribution in [3.05, 3.63) is 48.5 Å². The number of hydrogen-bond donors (Lipinski definition) is 3. The van der Waals surface area contributed by atoms with Crippen LogP contribution >= 0.6 is 0 Å². The summed E-state index contributed by atoms with van der Waals surface area (Å²) in [6.45, 7) is 0. The Balaban J connectivity index is 1.49. The van der Waals surface area contributed by atoms with Gasteiger partial charge < -0.3 is 19.8 Å². The van der Waals surface area contributed by atoms with Crippen LogP contribution < -0.4 is 14.8 Å². The van der Waals surface area contributed by atoms with Crippen molar-refractivity contribution >= 4 is 28.3 Å². The average Bonchev–Trinajstić information content (AvgIpc) is 3.49. The van der Waals surface area contributed by atoms with E-state index in [1.54, 1.807) is 44.8 Å². The molecule has 0 spiro atoms. The number of nitrogens with one attached hydrogen (secondary N) is 3. The van der Waals surface area contributed by atoms with E-state index in [0.29, 0.717) is 45.4 Å². The first-order chi connectivity index (χ1) is 14.7. The minimum absolute atomic E-state index is 0.349. The van der Waals surface area contributed by atoms with E-state index in [1.165, 1.54) is 16.9 Å². The third kappa shape index (κ3) is 2.80. The monoisotopic (exact) mass is 404 g/mol. The lowest BCUT2D eigenvalue weighted by Gasteiger charge is -2.06. The number of fused-ring (bicyclic) bond motifs is 2. The summed E-state index contributed by atoms with van der Waals surface area (Å²) in [4.78, 5) is 24.8. The average molecular weight is 404 g/mol. The van der Waals surface area contributed by atoms with Gasteiger partial charge in [0, 0.05) is 24.5 Å². The molecule has 3 N–H and O–H groups in total. The number of aromatic amines is 2. The molecule has 0 aliphatic heterocycles. The van der Waals surface area contributed by atoms with E-state index in [1.807, 2.05) is 0 Å². The fourth-order valence-electron chi connectivity index (χ4n) is 3.19. The van der Waals surface area contributed by atoms with Crippen LogP contribution in [0.5, 0.6) is 11.5 Å². The minimum atomic E-state index is -0.356. The lowest BCUT2D eigenvalue weighted by molar-refractivity contribution is 0.102. The molecule has 0 radical (unpaired) electrons. The number of carbonyl (C=O) groups excluding carboxylic acids is 1. The van der Waals surface area contributed by atoms with Crippen molar-refractivity contribution in [2.45, 2.75) is 0 Å². The lowest BCUT2D eigenvalue weighted by atomic mass is 10.3. The number of anilines is 1. The van der Waals surface area contributed by atoms with E-state index in [2.05, 4.69) is 35.6 Å². The standard InChI is InChI=1S/C19H16N8O3/c1-29-14-6-11-12(7-15(14)30-2)24-17(23-11)16-13(9-21-26-16)25-19(28)10-8-22-27-5-3-4-20-18(10)27/h3-9H,1-2H3,(H,21,26)(H,23,24)(H,25,28). The van der Waals surface area contributed by atoms with Gasteiger partial charge in [-0.2, -0.15) is 10.2 Å². The Kier molecular flexibility index (Phi) is 4.05. The summed E-state index contributed by atoms with van der Waals surface area (Å²) < 4.78 is 12.2. The minimum Gasteiger partial charge on any atom is -0.493 e. The van der Waals surface area contributed by atoms with E-state index in [-0.39, 0.29) is 5.91 Å². The Bertz CT molecular complexity index is 1340. The molecule has 0 fully saturated rings. The van der Waals surface area contributed by atoms with Crippen molar-refractivity contribution in [1.29, 1.82) is 0 Å². The van der Waals surface area contributed by atoms with E-state index in [0.717, 1.165) is 5.52 Å². The molecule has 0 bridgehead atoms. The zero-order valence-corrected chi connectivity index (χ0v) is 16.0. The molecule has 5 rings (SSSR count). The number of amides is 1. The van der Waals surface area contributed by atoms with Crippen molar-refractivity contribution < 1.29 is 14.3 Å². The first kappa shape index (κ1) is 17.7. The number of rotatable bonds is 5. The topological polar surface area (TPSA) is 135 Å². The maximum Gasteiger partial charge on any atom is 0.261 e. The van der Waals surface area contributed by atoms with E-state index >= 15 is 0 Å². The van der Waals surface area contributed by atoms with Gasteiger partial charge in [0.2, 0.25) is 0 Å². The van der Waals surface area contributed by atoms with Crippen LogP contribution in [-0.4, -0.2) is 54.9 Å². The largest absolute Gasteiger partial charge is 0.493 e. The third-order valence-electron chi connectivity index (χ3n) is 4.64. The SMILES string of the molecule is COc1cc2nc(-c3[nH]ncc3NC(=O)c3cnn4cccnc34)[nH]c2cc1OC. The molecule has 1 aromatic carbocycles. The third-order valence-corrected chi connectivity index (χ3v) is 4.64. The molecule has 4 heterocycles. The highest BCUT2D eigenvalue weighted by molar-refractivity contribution is 6.09. The quantitative estimate of drug-likeness (QED) is 0.409. The van der Waals surface area contributed by atoms with Crippen LogP contribution in [0.1, 0.15) is 10.4 Å². The Hall–Kier alpha value is -4.41. The van der Waals surface area contributed by atoms with Crippen molar-refractivity contribution in [3.63, 3.8) is 0 Å². The molecule has 0 saturated carbocycles. The summed E-state index contributed by atoms with van der Waals surface area (Å²) in [6, 6.07) is 5.30. The van der Waals surface area contributed by atoms with Gasteiger partial charge in [-0.3, -0.25) is 9.89 Å². The van der Waals surface area contributed by atoms with Crippen molar-refractivity contribution in [3.8, 4) is 23.0 Å². The molecule has 1 amide bonds. The maximum atomic E-state index is 12.8. The van der Waals surface area contributed by atoms with E-state index < -0.39 is 0 Å². The molecule has 0 atom stereocenters. The van der Waals surface area contributed by atoms with Gasteiger partial charge in [-0.1, -0.05) is 0 Å². The summed E-state index contributed by atoms with van der Waals surface area (Å²) in [6.07, 6.45) is 6.31. The molecular weight excluding hydrogens is 388 g/mol. The number of methoxy groups -OCH3 is 2. The van der Waals surface area contributed by atoms with Gasteiger partial charge in [0.05, 0.1) is 43.3 Å². The molecule has 5 aromatic rings. The van der Waals surface area contributed by atoms with Gasteiger partial charge in [0.1, 0.15) is 11.3 Å². The summed E-state index contributed by atoms with van der Waals surface area (Å²) in [7, 11) is 3.13. The number of H-pyrrole nitrogens is 2.